The summed E-state index contributed by atoms with van der Waals surface area (Å²) >= 11 is 0. The van der Waals surface area contributed by atoms with Crippen molar-refractivity contribution >= 4 is 11.6 Å². The quantitative estimate of drug-likeness (QED) is 0.858. The molecule has 19 heavy (non-hydrogen) atoms. The number of hydrogen-bond acceptors (Lipinski definition) is 2. The zero-order valence-electron chi connectivity index (χ0n) is 10.9. The van der Waals surface area contributed by atoms with Crippen LogP contribution in [-0.4, -0.2) is 29.6 Å². The maximum atomic E-state index is 12.4. The average Bonchev–Trinajstić information content (AvgIpc) is 2.27. The second-order valence-corrected chi connectivity index (χ2v) is 4.61. The Morgan fingerprint density at radius 3 is 2.37 bits per heavy atom. The zero-order valence-corrected chi connectivity index (χ0v) is 10.9. The molecule has 106 valence electrons. The van der Waals surface area contributed by atoms with Gasteiger partial charge in [-0.05, 0) is 25.5 Å². The molecule has 0 bridgehead atoms. The standard InChI is InChI=1S/C13H17F3N2O/c1-9(2)18(8-13(14,15)16)12(19)7-10-5-3-4-6-11(10)17/h3-6,9H,7-8,17H2,1-2H3. The number of nitrogen functional groups attached to an aromatic ring is 1. The van der Waals surface area contributed by atoms with Crippen molar-refractivity contribution in [2.45, 2.75) is 32.5 Å². The molecule has 0 saturated carbocycles. The molecule has 0 aliphatic carbocycles. The third-order valence-electron chi connectivity index (χ3n) is 2.69. The molecular weight excluding hydrogens is 257 g/mol. The average molecular weight is 274 g/mol. The number of halogens is 3. The van der Waals surface area contributed by atoms with Crippen LogP contribution in [0, 0.1) is 0 Å². The van der Waals surface area contributed by atoms with Gasteiger partial charge in [0.25, 0.3) is 0 Å². The Hall–Kier alpha value is -1.72. The van der Waals surface area contributed by atoms with Crippen molar-refractivity contribution < 1.29 is 18.0 Å². The molecule has 2 N–H and O–H groups in total. The third kappa shape index (κ3) is 4.81. The first-order valence-corrected chi connectivity index (χ1v) is 5.90. The number of nitrogens with two attached hydrogens (primary N) is 1. The molecule has 0 atom stereocenters. The Morgan fingerprint density at radius 1 is 1.32 bits per heavy atom. The summed E-state index contributed by atoms with van der Waals surface area (Å²) in [5.74, 6) is -0.578. The van der Waals surface area contributed by atoms with Gasteiger partial charge in [0.15, 0.2) is 0 Å². The number of benzene rings is 1. The fraction of sp³-hybridized carbons (Fsp3) is 0.462. The minimum absolute atomic E-state index is 0.124. The van der Waals surface area contributed by atoms with Crippen molar-refractivity contribution in [2.24, 2.45) is 0 Å². The fourth-order valence-electron chi connectivity index (χ4n) is 1.71. The second-order valence-electron chi connectivity index (χ2n) is 4.61. The molecule has 0 radical (unpaired) electrons. The van der Waals surface area contributed by atoms with Crippen molar-refractivity contribution in [2.75, 3.05) is 12.3 Å². The van der Waals surface area contributed by atoms with Crippen LogP contribution >= 0.6 is 0 Å². The van der Waals surface area contributed by atoms with Gasteiger partial charge in [-0.1, -0.05) is 18.2 Å². The highest BCUT2D eigenvalue weighted by molar-refractivity contribution is 5.80. The van der Waals surface area contributed by atoms with Crippen molar-refractivity contribution in [1.29, 1.82) is 0 Å². The Labute approximate surface area is 110 Å². The van der Waals surface area contributed by atoms with Gasteiger partial charge < -0.3 is 10.6 Å². The van der Waals surface area contributed by atoms with E-state index in [1.165, 1.54) is 0 Å². The monoisotopic (exact) mass is 274 g/mol. The SMILES string of the molecule is CC(C)N(CC(F)(F)F)C(=O)Cc1ccccc1N. The molecule has 1 aromatic rings. The summed E-state index contributed by atoms with van der Waals surface area (Å²) in [6.45, 7) is 1.87. The first-order chi connectivity index (χ1) is 8.70. The molecule has 1 rings (SSSR count). The van der Waals surface area contributed by atoms with Crippen molar-refractivity contribution in [1.82, 2.24) is 4.90 Å². The van der Waals surface area contributed by atoms with E-state index in [9.17, 15) is 18.0 Å². The minimum atomic E-state index is -4.40. The smallest absolute Gasteiger partial charge is 0.398 e. The Morgan fingerprint density at radius 2 is 1.89 bits per heavy atom. The molecular formula is C13H17F3N2O. The number of para-hydroxylation sites is 1. The number of rotatable bonds is 4. The van der Waals surface area contributed by atoms with Crippen LogP contribution < -0.4 is 5.73 Å². The maximum Gasteiger partial charge on any atom is 0.406 e. The predicted octanol–water partition coefficient (Wildman–Crippen LogP) is 2.61. The summed E-state index contributed by atoms with van der Waals surface area (Å²) in [6.07, 6.45) is -4.52. The molecule has 0 aliphatic rings. The van der Waals surface area contributed by atoms with Gasteiger partial charge in [0.05, 0.1) is 6.42 Å². The summed E-state index contributed by atoms with van der Waals surface area (Å²) in [5.41, 5.74) is 6.63. The first kappa shape index (κ1) is 15.3. The maximum absolute atomic E-state index is 12.4. The van der Waals surface area contributed by atoms with Crippen LogP contribution in [0.1, 0.15) is 19.4 Å². The Bertz CT molecular complexity index is 444. The molecule has 0 unspecified atom stereocenters. The van der Waals surface area contributed by atoms with Crippen molar-refractivity contribution in [3.8, 4) is 0 Å². The Kier molecular flexibility index (Phi) is 4.80. The summed E-state index contributed by atoms with van der Waals surface area (Å²) in [5, 5.41) is 0. The molecule has 0 heterocycles. The Balaban J connectivity index is 2.81. The van der Waals surface area contributed by atoms with Crippen molar-refractivity contribution in [3.63, 3.8) is 0 Å². The van der Waals surface area contributed by atoms with Crippen LogP contribution in [0.2, 0.25) is 0 Å². The number of hydrogen-bond donors (Lipinski definition) is 1. The van der Waals surface area contributed by atoms with E-state index in [1.807, 2.05) is 0 Å². The minimum Gasteiger partial charge on any atom is -0.398 e. The summed E-state index contributed by atoms with van der Waals surface area (Å²) in [4.78, 5) is 12.8. The van der Waals surface area contributed by atoms with Gasteiger partial charge in [0.1, 0.15) is 6.54 Å². The lowest BCUT2D eigenvalue weighted by atomic mass is 10.1. The van der Waals surface area contributed by atoms with Crippen LogP contribution in [0.4, 0.5) is 18.9 Å². The number of carbonyl (C=O) groups excluding carboxylic acids is 1. The van der Waals surface area contributed by atoms with E-state index < -0.39 is 24.7 Å². The highest BCUT2D eigenvalue weighted by atomic mass is 19.4. The van der Waals surface area contributed by atoms with Crippen LogP contribution in [0.15, 0.2) is 24.3 Å². The molecule has 0 fully saturated rings. The van der Waals surface area contributed by atoms with Gasteiger partial charge in [-0.15, -0.1) is 0 Å². The van der Waals surface area contributed by atoms with Crippen LogP contribution in [-0.2, 0) is 11.2 Å². The molecule has 6 heteroatoms. The first-order valence-electron chi connectivity index (χ1n) is 5.90. The van der Waals surface area contributed by atoms with Gasteiger partial charge in [0.2, 0.25) is 5.91 Å². The molecule has 0 saturated heterocycles. The van der Waals surface area contributed by atoms with Crippen LogP contribution in [0.3, 0.4) is 0 Å². The van der Waals surface area contributed by atoms with Gasteiger partial charge in [-0.25, -0.2) is 0 Å². The van der Waals surface area contributed by atoms with Crippen molar-refractivity contribution in [3.05, 3.63) is 29.8 Å². The lowest BCUT2D eigenvalue weighted by Gasteiger charge is -2.28. The predicted molar refractivity (Wildman–Crippen MR) is 67.5 cm³/mol. The van der Waals surface area contributed by atoms with E-state index in [0.717, 1.165) is 4.90 Å². The lowest BCUT2D eigenvalue weighted by molar-refractivity contribution is -0.164. The van der Waals surface area contributed by atoms with E-state index in [4.69, 9.17) is 5.73 Å². The molecule has 0 spiro atoms. The molecule has 1 aromatic carbocycles. The molecule has 0 aromatic heterocycles. The van der Waals surface area contributed by atoms with Crippen LogP contribution in [0.5, 0.6) is 0 Å². The third-order valence-corrected chi connectivity index (χ3v) is 2.69. The van der Waals surface area contributed by atoms with E-state index in [2.05, 4.69) is 0 Å². The number of alkyl halides is 3. The van der Waals surface area contributed by atoms with Crippen LogP contribution in [0.25, 0.3) is 0 Å². The van der Waals surface area contributed by atoms with E-state index in [0.29, 0.717) is 11.3 Å². The van der Waals surface area contributed by atoms with Gasteiger partial charge in [0, 0.05) is 11.7 Å². The van der Waals surface area contributed by atoms with Gasteiger partial charge in [-0.2, -0.15) is 13.2 Å². The number of amides is 1. The highest BCUT2D eigenvalue weighted by Gasteiger charge is 2.34. The van der Waals surface area contributed by atoms with E-state index in [1.54, 1.807) is 38.1 Å². The largest absolute Gasteiger partial charge is 0.406 e. The molecule has 1 amide bonds. The number of carbonyl (C=O) groups is 1. The highest BCUT2D eigenvalue weighted by Crippen LogP contribution is 2.20. The van der Waals surface area contributed by atoms with Gasteiger partial charge in [-0.3, -0.25) is 4.79 Å². The topological polar surface area (TPSA) is 46.3 Å². The summed E-state index contributed by atoms with van der Waals surface area (Å²) in [7, 11) is 0. The number of nitrogens with zero attached hydrogens (tertiary/aromatic N) is 1. The summed E-state index contributed by atoms with van der Waals surface area (Å²) in [6, 6.07) is 6.15. The second kappa shape index (κ2) is 5.95. The van der Waals surface area contributed by atoms with E-state index in [-0.39, 0.29) is 6.42 Å². The lowest BCUT2D eigenvalue weighted by Crippen LogP contribution is -2.44. The normalized spacial score (nSPS) is 11.7. The zero-order chi connectivity index (χ0) is 14.6. The van der Waals surface area contributed by atoms with Gasteiger partial charge >= 0.3 is 6.18 Å². The molecule has 0 aliphatic heterocycles. The molecule has 3 nitrogen and oxygen atoms in total. The summed E-state index contributed by atoms with van der Waals surface area (Å²) < 4.78 is 37.3. The van der Waals surface area contributed by atoms with E-state index >= 15 is 0 Å². The number of anilines is 1. The fourth-order valence-corrected chi connectivity index (χ4v) is 1.71.